The molecule has 2 N–H and O–H groups in total. The summed E-state index contributed by atoms with van der Waals surface area (Å²) in [5.74, 6) is -0.108. The van der Waals surface area contributed by atoms with E-state index >= 15 is 0 Å². The van der Waals surface area contributed by atoms with Gasteiger partial charge in [-0.1, -0.05) is 28.1 Å². The maximum Gasteiger partial charge on any atom is 0.257 e. The molecule has 3 nitrogen and oxygen atoms in total. The monoisotopic (exact) mass is 328 g/mol. The van der Waals surface area contributed by atoms with Gasteiger partial charge in [-0.3, -0.25) is 4.79 Å². The zero-order valence-electron chi connectivity index (χ0n) is 10.9. The van der Waals surface area contributed by atoms with Gasteiger partial charge in [0.2, 0.25) is 0 Å². The van der Waals surface area contributed by atoms with Crippen LogP contribution in [-0.2, 0) is 0 Å². The normalized spacial score (nSPS) is 10.7. The number of anilines is 1. The first-order chi connectivity index (χ1) is 9.65. The molecule has 3 aromatic rings. The molecular weight excluding hydrogens is 316 g/mol. The number of benzene rings is 2. The molecule has 0 saturated carbocycles. The molecule has 4 heteroatoms. The van der Waals surface area contributed by atoms with Crippen molar-refractivity contribution in [2.24, 2.45) is 0 Å². The molecular formula is C16H13BrN2O. The van der Waals surface area contributed by atoms with E-state index in [0.29, 0.717) is 5.56 Å². The maximum absolute atomic E-state index is 12.4. The summed E-state index contributed by atoms with van der Waals surface area (Å²) in [6.45, 7) is 1.97. The van der Waals surface area contributed by atoms with Crippen LogP contribution >= 0.6 is 15.9 Å². The van der Waals surface area contributed by atoms with E-state index in [9.17, 15) is 4.79 Å². The quantitative estimate of drug-likeness (QED) is 0.715. The minimum Gasteiger partial charge on any atom is -0.361 e. The van der Waals surface area contributed by atoms with Gasteiger partial charge in [0, 0.05) is 21.7 Å². The molecule has 0 bridgehead atoms. The number of aromatic amines is 1. The summed E-state index contributed by atoms with van der Waals surface area (Å²) in [4.78, 5) is 15.5. The molecule has 0 fully saturated rings. The van der Waals surface area contributed by atoms with Crippen molar-refractivity contribution in [2.75, 3.05) is 5.32 Å². The van der Waals surface area contributed by atoms with Crippen LogP contribution in [0.1, 0.15) is 15.9 Å². The van der Waals surface area contributed by atoms with E-state index in [0.717, 1.165) is 26.6 Å². The van der Waals surface area contributed by atoms with E-state index in [-0.39, 0.29) is 5.91 Å². The number of aryl methyl sites for hydroxylation is 1. The van der Waals surface area contributed by atoms with Crippen LogP contribution in [0.4, 0.5) is 5.69 Å². The zero-order chi connectivity index (χ0) is 14.1. The number of carbonyl (C=O) groups excluding carboxylic acids is 1. The lowest BCUT2D eigenvalue weighted by Gasteiger charge is -2.09. The molecule has 0 saturated heterocycles. The predicted molar refractivity (Wildman–Crippen MR) is 85.1 cm³/mol. The highest BCUT2D eigenvalue weighted by atomic mass is 79.9. The molecule has 1 aromatic heterocycles. The Labute approximate surface area is 125 Å². The van der Waals surface area contributed by atoms with Gasteiger partial charge in [-0.2, -0.15) is 0 Å². The lowest BCUT2D eigenvalue weighted by molar-refractivity contribution is 0.102. The van der Waals surface area contributed by atoms with E-state index in [4.69, 9.17) is 0 Å². The zero-order valence-corrected chi connectivity index (χ0v) is 12.5. The SMILES string of the molecule is Cc1cc(Br)ccc1NC(=O)c1cccc2cc[nH]c12. The Hall–Kier alpha value is -2.07. The molecule has 2 aromatic carbocycles. The van der Waals surface area contributed by atoms with Crippen molar-refractivity contribution >= 4 is 38.4 Å². The van der Waals surface area contributed by atoms with Gasteiger partial charge in [-0.05, 0) is 42.8 Å². The van der Waals surface area contributed by atoms with Gasteiger partial charge in [0.15, 0.2) is 0 Å². The molecule has 0 aliphatic carbocycles. The molecule has 0 radical (unpaired) electrons. The van der Waals surface area contributed by atoms with Crippen molar-refractivity contribution in [1.29, 1.82) is 0 Å². The summed E-state index contributed by atoms with van der Waals surface area (Å²) in [6, 6.07) is 13.4. The van der Waals surface area contributed by atoms with Gasteiger partial charge in [0.25, 0.3) is 5.91 Å². The number of carbonyl (C=O) groups is 1. The second-order valence-electron chi connectivity index (χ2n) is 4.66. The summed E-state index contributed by atoms with van der Waals surface area (Å²) in [5, 5.41) is 3.99. The highest BCUT2D eigenvalue weighted by Gasteiger charge is 2.11. The van der Waals surface area contributed by atoms with Gasteiger partial charge in [0.05, 0.1) is 11.1 Å². The summed E-state index contributed by atoms with van der Waals surface area (Å²) in [7, 11) is 0. The average molecular weight is 329 g/mol. The number of amides is 1. The van der Waals surface area contributed by atoms with Crippen molar-refractivity contribution in [2.45, 2.75) is 6.92 Å². The Morgan fingerprint density at radius 1 is 1.20 bits per heavy atom. The highest BCUT2D eigenvalue weighted by Crippen LogP contribution is 2.22. The van der Waals surface area contributed by atoms with Gasteiger partial charge in [0.1, 0.15) is 0 Å². The van der Waals surface area contributed by atoms with Crippen LogP contribution in [0.2, 0.25) is 0 Å². The molecule has 0 unspecified atom stereocenters. The summed E-state index contributed by atoms with van der Waals surface area (Å²) in [6.07, 6.45) is 1.84. The molecule has 1 amide bonds. The first kappa shape index (κ1) is 12.9. The molecule has 0 atom stereocenters. The average Bonchev–Trinajstić information content (AvgIpc) is 2.90. The largest absolute Gasteiger partial charge is 0.361 e. The van der Waals surface area contributed by atoms with Crippen molar-refractivity contribution in [3.8, 4) is 0 Å². The van der Waals surface area contributed by atoms with E-state index in [1.165, 1.54) is 0 Å². The molecule has 100 valence electrons. The second kappa shape index (κ2) is 5.13. The number of hydrogen-bond donors (Lipinski definition) is 2. The Morgan fingerprint density at radius 3 is 2.85 bits per heavy atom. The molecule has 20 heavy (non-hydrogen) atoms. The third-order valence-corrected chi connectivity index (χ3v) is 3.76. The first-order valence-corrected chi connectivity index (χ1v) is 7.08. The van der Waals surface area contributed by atoms with Gasteiger partial charge >= 0.3 is 0 Å². The predicted octanol–water partition coefficient (Wildman–Crippen LogP) is 4.49. The highest BCUT2D eigenvalue weighted by molar-refractivity contribution is 9.10. The van der Waals surface area contributed by atoms with Crippen molar-refractivity contribution in [1.82, 2.24) is 4.98 Å². The molecule has 3 rings (SSSR count). The number of H-pyrrole nitrogens is 1. The molecule has 0 spiro atoms. The second-order valence-corrected chi connectivity index (χ2v) is 5.58. The van der Waals surface area contributed by atoms with E-state index < -0.39 is 0 Å². The summed E-state index contributed by atoms with van der Waals surface area (Å²) >= 11 is 3.42. The van der Waals surface area contributed by atoms with E-state index in [1.54, 1.807) is 0 Å². The topological polar surface area (TPSA) is 44.9 Å². The fourth-order valence-electron chi connectivity index (χ4n) is 2.23. The Morgan fingerprint density at radius 2 is 2.05 bits per heavy atom. The summed E-state index contributed by atoms with van der Waals surface area (Å²) < 4.78 is 1.000. The Bertz CT molecular complexity index is 792. The lowest BCUT2D eigenvalue weighted by atomic mass is 10.1. The van der Waals surface area contributed by atoms with Crippen molar-refractivity contribution < 1.29 is 4.79 Å². The van der Waals surface area contributed by atoms with Crippen LogP contribution in [0.25, 0.3) is 10.9 Å². The fourth-order valence-corrected chi connectivity index (χ4v) is 2.71. The standard InChI is InChI=1S/C16H13BrN2O/c1-10-9-12(17)5-6-14(10)19-16(20)13-4-2-3-11-7-8-18-15(11)13/h2-9,18H,1H3,(H,19,20). The van der Waals surface area contributed by atoms with Gasteiger partial charge in [-0.15, -0.1) is 0 Å². The van der Waals surface area contributed by atoms with Crippen LogP contribution in [0, 0.1) is 6.92 Å². The number of fused-ring (bicyclic) bond motifs is 1. The van der Waals surface area contributed by atoms with Gasteiger partial charge in [-0.25, -0.2) is 0 Å². The van der Waals surface area contributed by atoms with Crippen molar-refractivity contribution in [3.05, 3.63) is 64.3 Å². The van der Waals surface area contributed by atoms with E-state index in [2.05, 4.69) is 26.2 Å². The Balaban J connectivity index is 1.95. The number of aromatic nitrogens is 1. The van der Waals surface area contributed by atoms with E-state index in [1.807, 2.05) is 55.6 Å². The third kappa shape index (κ3) is 2.34. The van der Waals surface area contributed by atoms with Crippen LogP contribution in [-0.4, -0.2) is 10.9 Å². The fraction of sp³-hybridized carbons (Fsp3) is 0.0625. The lowest BCUT2D eigenvalue weighted by Crippen LogP contribution is -2.13. The Kier molecular flexibility index (Phi) is 3.32. The van der Waals surface area contributed by atoms with Crippen LogP contribution in [0.5, 0.6) is 0 Å². The molecule has 0 aliphatic heterocycles. The third-order valence-electron chi connectivity index (χ3n) is 3.27. The number of para-hydroxylation sites is 1. The van der Waals surface area contributed by atoms with Crippen LogP contribution in [0.3, 0.4) is 0 Å². The number of hydrogen-bond acceptors (Lipinski definition) is 1. The number of rotatable bonds is 2. The van der Waals surface area contributed by atoms with Crippen LogP contribution in [0.15, 0.2) is 53.1 Å². The first-order valence-electron chi connectivity index (χ1n) is 6.29. The summed E-state index contributed by atoms with van der Waals surface area (Å²) in [5.41, 5.74) is 3.35. The van der Waals surface area contributed by atoms with Gasteiger partial charge < -0.3 is 10.3 Å². The minimum atomic E-state index is -0.108. The number of nitrogens with one attached hydrogen (secondary N) is 2. The van der Waals surface area contributed by atoms with Crippen molar-refractivity contribution in [3.63, 3.8) is 0 Å². The van der Waals surface area contributed by atoms with Crippen LogP contribution < -0.4 is 5.32 Å². The smallest absolute Gasteiger partial charge is 0.257 e. The maximum atomic E-state index is 12.4. The molecule has 0 aliphatic rings. The minimum absolute atomic E-state index is 0.108. The number of halogens is 1. The molecule has 1 heterocycles.